The summed E-state index contributed by atoms with van der Waals surface area (Å²) < 4.78 is 0. The Hall–Kier alpha value is -2.66. The molecule has 0 unspecified atom stereocenters. The highest BCUT2D eigenvalue weighted by molar-refractivity contribution is 5.88. The number of nitrogens with zero attached hydrogens (tertiary/aromatic N) is 1. The minimum absolute atomic E-state index is 0.0912. The van der Waals surface area contributed by atoms with E-state index >= 15 is 0 Å². The summed E-state index contributed by atoms with van der Waals surface area (Å²) in [5.41, 5.74) is 8.64. The first-order valence-corrected chi connectivity index (χ1v) is 10.5. The molecule has 0 bridgehead atoms. The second-order valence-corrected chi connectivity index (χ2v) is 8.69. The van der Waals surface area contributed by atoms with Gasteiger partial charge in [0.05, 0.1) is 5.54 Å². The summed E-state index contributed by atoms with van der Waals surface area (Å²) in [6.45, 7) is 2.40. The van der Waals surface area contributed by atoms with Gasteiger partial charge in [0.1, 0.15) is 0 Å². The molecule has 4 rings (SSSR count). The lowest BCUT2D eigenvalue weighted by molar-refractivity contribution is -0.126. The first-order valence-electron chi connectivity index (χ1n) is 10.5. The lowest BCUT2D eigenvalue weighted by Crippen LogP contribution is -2.55. The van der Waals surface area contributed by atoms with Gasteiger partial charge in [-0.25, -0.2) is 0 Å². The summed E-state index contributed by atoms with van der Waals surface area (Å²) in [4.78, 5) is 21.0. The van der Waals surface area contributed by atoms with E-state index in [1.54, 1.807) is 0 Å². The van der Waals surface area contributed by atoms with Crippen LogP contribution >= 0.6 is 0 Å². The molecule has 1 aliphatic rings. The lowest BCUT2D eigenvalue weighted by atomic mass is 9.71. The number of pyridine rings is 1. The van der Waals surface area contributed by atoms with Gasteiger partial charge in [0.15, 0.2) is 0 Å². The van der Waals surface area contributed by atoms with Gasteiger partial charge in [0, 0.05) is 47.4 Å². The van der Waals surface area contributed by atoms with E-state index in [1.807, 2.05) is 49.6 Å². The second kappa shape index (κ2) is 7.99. The molecule has 1 aromatic carbocycles. The van der Waals surface area contributed by atoms with Crippen LogP contribution in [0.25, 0.3) is 10.9 Å². The van der Waals surface area contributed by atoms with E-state index in [0.29, 0.717) is 13.0 Å². The zero-order valence-corrected chi connectivity index (χ0v) is 17.1. The number of nitrogens with two attached hydrogens (primary N) is 1. The van der Waals surface area contributed by atoms with Crippen molar-refractivity contribution in [2.45, 2.75) is 56.4 Å². The molecule has 1 saturated carbocycles. The number of nitrogens with one attached hydrogen (secondary N) is 2. The van der Waals surface area contributed by atoms with Gasteiger partial charge in [-0.3, -0.25) is 9.78 Å². The van der Waals surface area contributed by atoms with Crippen LogP contribution in [0.4, 0.5) is 0 Å². The quantitative estimate of drug-likeness (QED) is 0.598. The Balaban J connectivity index is 1.48. The van der Waals surface area contributed by atoms with Gasteiger partial charge < -0.3 is 16.0 Å². The third kappa shape index (κ3) is 4.06. The molecule has 1 amide bonds. The molecule has 1 fully saturated rings. The molecule has 0 radical (unpaired) electrons. The number of fused-ring (bicyclic) bond motifs is 1. The second-order valence-electron chi connectivity index (χ2n) is 8.69. The Bertz CT molecular complexity index is 971. The van der Waals surface area contributed by atoms with Crippen molar-refractivity contribution in [3.8, 4) is 0 Å². The van der Waals surface area contributed by atoms with Crippen LogP contribution < -0.4 is 11.1 Å². The summed E-state index contributed by atoms with van der Waals surface area (Å²) >= 11 is 0. The number of aromatic amines is 1. The number of carbonyl (C=O) groups excluding carboxylic acids is 1. The average molecular weight is 391 g/mol. The zero-order chi connectivity index (χ0) is 20.3. The fourth-order valence-corrected chi connectivity index (χ4v) is 4.63. The first-order chi connectivity index (χ1) is 14.0. The predicted octanol–water partition coefficient (Wildman–Crippen LogP) is 3.84. The van der Waals surface area contributed by atoms with Crippen molar-refractivity contribution >= 4 is 16.8 Å². The molecular weight excluding hydrogens is 360 g/mol. The molecule has 5 heteroatoms. The Labute approximate surface area is 172 Å². The highest BCUT2D eigenvalue weighted by Gasteiger charge is 2.37. The predicted molar refractivity (Wildman–Crippen MR) is 117 cm³/mol. The summed E-state index contributed by atoms with van der Waals surface area (Å²) in [7, 11) is 0. The molecule has 29 heavy (non-hydrogen) atoms. The van der Waals surface area contributed by atoms with Crippen molar-refractivity contribution < 1.29 is 4.79 Å². The Morgan fingerprint density at radius 2 is 1.93 bits per heavy atom. The number of hydrogen-bond acceptors (Lipinski definition) is 3. The van der Waals surface area contributed by atoms with Crippen LogP contribution in [0, 0.1) is 0 Å². The Morgan fingerprint density at radius 3 is 2.69 bits per heavy atom. The van der Waals surface area contributed by atoms with Crippen LogP contribution in [-0.2, 0) is 16.6 Å². The molecule has 2 heterocycles. The number of benzene rings is 1. The molecule has 3 aromatic rings. The number of hydrogen-bond donors (Lipinski definition) is 3. The van der Waals surface area contributed by atoms with Crippen molar-refractivity contribution in [3.05, 3.63) is 66.1 Å². The van der Waals surface area contributed by atoms with Gasteiger partial charge in [0.2, 0.25) is 5.91 Å². The lowest BCUT2D eigenvalue weighted by Gasteiger charge is -2.38. The standard InChI is InChI=1S/C24H30N4O/c1-23(25,15-18-16-27-20-10-4-3-9-19(18)20)22(29)28-17-24(12-6-2-7-13-24)21-11-5-8-14-26-21/h3-5,8-11,14,16,27H,2,6-7,12-13,15,17,25H2,1H3,(H,28,29)/t23-/m0/s1. The van der Waals surface area contributed by atoms with Gasteiger partial charge >= 0.3 is 0 Å². The zero-order valence-electron chi connectivity index (χ0n) is 17.1. The minimum atomic E-state index is -0.981. The number of H-pyrrole nitrogens is 1. The maximum Gasteiger partial charge on any atom is 0.240 e. The van der Waals surface area contributed by atoms with E-state index < -0.39 is 5.54 Å². The van der Waals surface area contributed by atoms with Crippen molar-refractivity contribution in [1.29, 1.82) is 0 Å². The maximum absolute atomic E-state index is 13.1. The van der Waals surface area contributed by atoms with E-state index in [0.717, 1.165) is 35.0 Å². The minimum Gasteiger partial charge on any atom is -0.361 e. The molecule has 0 saturated heterocycles. The van der Waals surface area contributed by atoms with Crippen LogP contribution in [0.1, 0.15) is 50.3 Å². The third-order valence-electron chi connectivity index (χ3n) is 6.36. The molecular formula is C24H30N4O. The SMILES string of the molecule is C[C@](N)(Cc1c[nH]c2ccccc12)C(=O)NCC1(c2ccccn2)CCCCC1. The topological polar surface area (TPSA) is 83.8 Å². The molecule has 5 nitrogen and oxygen atoms in total. The largest absolute Gasteiger partial charge is 0.361 e. The molecule has 4 N–H and O–H groups in total. The van der Waals surface area contributed by atoms with Gasteiger partial charge in [-0.15, -0.1) is 0 Å². The normalized spacial score (nSPS) is 18.3. The Kier molecular flexibility index (Phi) is 5.41. The van der Waals surface area contributed by atoms with E-state index in [4.69, 9.17) is 5.73 Å². The van der Waals surface area contributed by atoms with Crippen molar-refractivity contribution in [2.24, 2.45) is 5.73 Å². The number of amides is 1. The van der Waals surface area contributed by atoms with Crippen LogP contribution in [0.2, 0.25) is 0 Å². The van der Waals surface area contributed by atoms with Gasteiger partial charge in [-0.1, -0.05) is 43.5 Å². The summed E-state index contributed by atoms with van der Waals surface area (Å²) in [6.07, 6.45) is 9.97. The summed E-state index contributed by atoms with van der Waals surface area (Å²) in [5.74, 6) is -0.108. The van der Waals surface area contributed by atoms with E-state index in [1.165, 1.54) is 19.3 Å². The van der Waals surface area contributed by atoms with Crippen LogP contribution in [-0.4, -0.2) is 28.0 Å². The molecule has 152 valence electrons. The highest BCUT2D eigenvalue weighted by Crippen LogP contribution is 2.38. The van der Waals surface area contributed by atoms with Crippen molar-refractivity contribution in [1.82, 2.24) is 15.3 Å². The number of aromatic nitrogens is 2. The highest BCUT2D eigenvalue weighted by atomic mass is 16.2. The average Bonchev–Trinajstić information content (AvgIpc) is 3.15. The van der Waals surface area contributed by atoms with Gasteiger partial charge in [-0.2, -0.15) is 0 Å². The fraction of sp³-hybridized carbons (Fsp3) is 0.417. The molecule has 2 aromatic heterocycles. The van der Waals surface area contributed by atoms with Crippen LogP contribution in [0.15, 0.2) is 54.9 Å². The summed E-state index contributed by atoms with van der Waals surface area (Å²) in [6, 6.07) is 14.2. The van der Waals surface area contributed by atoms with E-state index in [2.05, 4.69) is 27.4 Å². The van der Waals surface area contributed by atoms with E-state index in [-0.39, 0.29) is 11.3 Å². The van der Waals surface area contributed by atoms with Gasteiger partial charge in [-0.05, 0) is 43.5 Å². The van der Waals surface area contributed by atoms with Crippen molar-refractivity contribution in [2.75, 3.05) is 6.54 Å². The number of carbonyl (C=O) groups is 1. The Morgan fingerprint density at radius 1 is 1.17 bits per heavy atom. The number of rotatable bonds is 6. The first kappa shape index (κ1) is 19.6. The molecule has 1 atom stereocenters. The van der Waals surface area contributed by atoms with Crippen molar-refractivity contribution in [3.63, 3.8) is 0 Å². The molecule has 0 spiro atoms. The monoisotopic (exact) mass is 390 g/mol. The smallest absolute Gasteiger partial charge is 0.240 e. The molecule has 1 aliphatic carbocycles. The summed E-state index contributed by atoms with van der Waals surface area (Å²) in [5, 5.41) is 4.30. The maximum atomic E-state index is 13.1. The van der Waals surface area contributed by atoms with Gasteiger partial charge in [0.25, 0.3) is 0 Å². The molecule has 0 aliphatic heterocycles. The fourth-order valence-electron chi connectivity index (χ4n) is 4.63. The number of para-hydroxylation sites is 1. The van der Waals surface area contributed by atoms with Crippen LogP contribution in [0.5, 0.6) is 0 Å². The van der Waals surface area contributed by atoms with E-state index in [9.17, 15) is 4.79 Å². The van der Waals surface area contributed by atoms with Crippen LogP contribution in [0.3, 0.4) is 0 Å². The third-order valence-corrected chi connectivity index (χ3v) is 6.36.